The fourth-order valence-corrected chi connectivity index (χ4v) is 1.39. The van der Waals surface area contributed by atoms with Crippen molar-refractivity contribution in [3.63, 3.8) is 0 Å². The minimum atomic E-state index is -0.688. The summed E-state index contributed by atoms with van der Waals surface area (Å²) in [5, 5.41) is 5.00. The van der Waals surface area contributed by atoms with E-state index in [1.165, 1.54) is 0 Å². The molecular weight excluding hydrogens is 256 g/mol. The van der Waals surface area contributed by atoms with Crippen molar-refractivity contribution in [3.8, 4) is 0 Å². The average Bonchev–Trinajstić information content (AvgIpc) is 2.49. The molecule has 0 fully saturated rings. The van der Waals surface area contributed by atoms with Gasteiger partial charge in [-0.3, -0.25) is 19.6 Å². The lowest BCUT2D eigenvalue weighted by molar-refractivity contribution is -0.139. The van der Waals surface area contributed by atoms with Gasteiger partial charge >= 0.3 is 11.8 Å². The SMILES string of the molecule is CC=N/C(=C\C)CNC(=O)C(=O)NCc1ccccn1. The van der Waals surface area contributed by atoms with Crippen LogP contribution in [0, 0.1) is 0 Å². The van der Waals surface area contributed by atoms with E-state index in [4.69, 9.17) is 0 Å². The van der Waals surface area contributed by atoms with Gasteiger partial charge in [0.1, 0.15) is 0 Å². The highest BCUT2D eigenvalue weighted by Crippen LogP contribution is 1.94. The topological polar surface area (TPSA) is 83.5 Å². The van der Waals surface area contributed by atoms with Crippen molar-refractivity contribution >= 4 is 18.0 Å². The summed E-state index contributed by atoms with van der Waals surface area (Å²) >= 11 is 0. The van der Waals surface area contributed by atoms with Crippen molar-refractivity contribution in [1.29, 1.82) is 0 Å². The first-order valence-corrected chi connectivity index (χ1v) is 6.27. The molecule has 2 N–H and O–H groups in total. The first-order valence-electron chi connectivity index (χ1n) is 6.27. The number of carbonyl (C=O) groups is 2. The van der Waals surface area contributed by atoms with Crippen LogP contribution in [0.4, 0.5) is 0 Å². The third kappa shape index (κ3) is 5.43. The van der Waals surface area contributed by atoms with Crippen LogP contribution in [0.25, 0.3) is 0 Å². The largest absolute Gasteiger partial charge is 0.342 e. The molecule has 0 saturated carbocycles. The fourth-order valence-electron chi connectivity index (χ4n) is 1.39. The molecule has 6 nitrogen and oxygen atoms in total. The molecule has 106 valence electrons. The van der Waals surface area contributed by atoms with Crippen LogP contribution in [0.15, 0.2) is 41.2 Å². The monoisotopic (exact) mass is 274 g/mol. The van der Waals surface area contributed by atoms with E-state index in [1.807, 2.05) is 13.0 Å². The van der Waals surface area contributed by atoms with Crippen LogP contribution in [0.1, 0.15) is 19.5 Å². The Morgan fingerprint density at radius 2 is 2.00 bits per heavy atom. The quantitative estimate of drug-likeness (QED) is 0.615. The number of hydrogen-bond acceptors (Lipinski definition) is 4. The second kappa shape index (κ2) is 8.58. The maximum atomic E-state index is 11.6. The second-order valence-corrected chi connectivity index (χ2v) is 3.85. The summed E-state index contributed by atoms with van der Waals surface area (Å²) in [5.74, 6) is -1.38. The maximum Gasteiger partial charge on any atom is 0.309 e. The summed E-state index contributed by atoms with van der Waals surface area (Å²) in [4.78, 5) is 31.2. The summed E-state index contributed by atoms with van der Waals surface area (Å²) in [6.45, 7) is 4.04. The third-order valence-corrected chi connectivity index (χ3v) is 2.42. The van der Waals surface area contributed by atoms with Crippen LogP contribution in [0.3, 0.4) is 0 Å². The van der Waals surface area contributed by atoms with Gasteiger partial charge in [-0.25, -0.2) is 0 Å². The zero-order valence-corrected chi connectivity index (χ0v) is 11.6. The molecule has 2 amide bonds. The summed E-state index contributed by atoms with van der Waals surface area (Å²) in [6.07, 6.45) is 5.03. The molecule has 0 atom stereocenters. The number of nitrogens with one attached hydrogen (secondary N) is 2. The highest BCUT2D eigenvalue weighted by atomic mass is 16.2. The van der Waals surface area contributed by atoms with E-state index in [1.54, 1.807) is 37.5 Å². The van der Waals surface area contributed by atoms with Gasteiger partial charge in [0.15, 0.2) is 0 Å². The van der Waals surface area contributed by atoms with E-state index in [0.29, 0.717) is 11.4 Å². The lowest BCUT2D eigenvalue weighted by Crippen LogP contribution is -2.40. The highest BCUT2D eigenvalue weighted by Gasteiger charge is 2.12. The highest BCUT2D eigenvalue weighted by molar-refractivity contribution is 6.35. The molecule has 0 aliphatic rings. The van der Waals surface area contributed by atoms with Crippen molar-refractivity contribution < 1.29 is 9.59 Å². The lowest BCUT2D eigenvalue weighted by atomic mass is 10.3. The van der Waals surface area contributed by atoms with Gasteiger partial charge in [-0.15, -0.1) is 0 Å². The second-order valence-electron chi connectivity index (χ2n) is 3.85. The predicted octanol–water partition coefficient (Wildman–Crippen LogP) is 0.808. The molecule has 0 unspecified atom stereocenters. The van der Waals surface area contributed by atoms with Gasteiger partial charge in [-0.05, 0) is 26.0 Å². The van der Waals surface area contributed by atoms with Gasteiger partial charge < -0.3 is 10.6 Å². The number of aliphatic imine (C=N–C) groups is 1. The van der Waals surface area contributed by atoms with E-state index in [0.717, 1.165) is 0 Å². The lowest BCUT2D eigenvalue weighted by Gasteiger charge is -2.06. The van der Waals surface area contributed by atoms with E-state index in [2.05, 4.69) is 20.6 Å². The summed E-state index contributed by atoms with van der Waals surface area (Å²) < 4.78 is 0. The van der Waals surface area contributed by atoms with E-state index < -0.39 is 11.8 Å². The minimum Gasteiger partial charge on any atom is -0.342 e. The van der Waals surface area contributed by atoms with Crippen LogP contribution >= 0.6 is 0 Å². The minimum absolute atomic E-state index is 0.219. The molecule has 6 heteroatoms. The van der Waals surface area contributed by atoms with Crippen molar-refractivity contribution in [1.82, 2.24) is 15.6 Å². The van der Waals surface area contributed by atoms with Gasteiger partial charge in [0.05, 0.1) is 24.5 Å². The first-order chi connectivity index (χ1) is 9.67. The smallest absolute Gasteiger partial charge is 0.309 e. The van der Waals surface area contributed by atoms with Gasteiger partial charge in [0, 0.05) is 12.4 Å². The molecular formula is C14H18N4O2. The Bertz CT molecular complexity index is 509. The number of rotatable bonds is 5. The van der Waals surface area contributed by atoms with Crippen molar-refractivity contribution in [2.24, 2.45) is 4.99 Å². The van der Waals surface area contributed by atoms with Crippen LogP contribution in [0.2, 0.25) is 0 Å². The number of amides is 2. The zero-order chi connectivity index (χ0) is 14.8. The van der Waals surface area contributed by atoms with E-state index in [-0.39, 0.29) is 13.1 Å². The Kier molecular flexibility index (Phi) is 6.67. The summed E-state index contributed by atoms with van der Waals surface area (Å²) in [5.41, 5.74) is 1.39. The molecule has 0 aliphatic heterocycles. The molecule has 0 aromatic carbocycles. The number of aromatic nitrogens is 1. The number of allylic oxidation sites excluding steroid dienone is 1. The molecule has 1 aromatic rings. The average molecular weight is 274 g/mol. The molecule has 0 spiro atoms. The molecule has 1 aromatic heterocycles. The molecule has 0 bridgehead atoms. The number of hydrogen-bond donors (Lipinski definition) is 2. The van der Waals surface area contributed by atoms with Crippen molar-refractivity contribution in [2.45, 2.75) is 20.4 Å². The van der Waals surface area contributed by atoms with Crippen LogP contribution < -0.4 is 10.6 Å². The number of nitrogens with zero attached hydrogens (tertiary/aromatic N) is 2. The van der Waals surface area contributed by atoms with Crippen LogP contribution in [0.5, 0.6) is 0 Å². The van der Waals surface area contributed by atoms with Gasteiger partial charge in [-0.1, -0.05) is 12.1 Å². The first kappa shape index (κ1) is 15.6. The van der Waals surface area contributed by atoms with Gasteiger partial charge in [-0.2, -0.15) is 0 Å². The number of pyridine rings is 1. The fraction of sp³-hybridized carbons (Fsp3) is 0.286. The van der Waals surface area contributed by atoms with Crippen LogP contribution in [-0.4, -0.2) is 29.6 Å². The predicted molar refractivity (Wildman–Crippen MR) is 77.0 cm³/mol. The Morgan fingerprint density at radius 1 is 1.25 bits per heavy atom. The Morgan fingerprint density at radius 3 is 2.60 bits per heavy atom. The van der Waals surface area contributed by atoms with Gasteiger partial charge in [0.2, 0.25) is 0 Å². The summed E-state index contributed by atoms with van der Waals surface area (Å²) in [7, 11) is 0. The van der Waals surface area contributed by atoms with E-state index >= 15 is 0 Å². The Labute approximate surface area is 118 Å². The van der Waals surface area contributed by atoms with E-state index in [9.17, 15) is 9.59 Å². The Balaban J connectivity index is 2.38. The zero-order valence-electron chi connectivity index (χ0n) is 11.6. The molecule has 0 saturated heterocycles. The molecule has 20 heavy (non-hydrogen) atoms. The maximum absolute atomic E-state index is 11.6. The summed E-state index contributed by atoms with van der Waals surface area (Å²) in [6, 6.07) is 5.37. The molecule has 0 radical (unpaired) electrons. The van der Waals surface area contributed by atoms with Gasteiger partial charge in [0.25, 0.3) is 0 Å². The van der Waals surface area contributed by atoms with Crippen molar-refractivity contribution in [2.75, 3.05) is 6.54 Å². The molecule has 1 heterocycles. The standard InChI is InChI=1S/C14H18N4O2/c1-3-11(15-4-2)9-17-13(19)14(20)18-10-12-7-5-6-8-16-12/h3-8H,9-10H2,1-2H3,(H,17,19)(H,18,20)/b11-3-,15-4?. The number of carbonyl (C=O) groups excluding carboxylic acids is 2. The van der Waals surface area contributed by atoms with Crippen LogP contribution in [-0.2, 0) is 16.1 Å². The molecule has 1 rings (SSSR count). The molecule has 0 aliphatic carbocycles. The third-order valence-electron chi connectivity index (χ3n) is 2.42. The normalized spacial score (nSPS) is 11.4. The van der Waals surface area contributed by atoms with Crippen molar-refractivity contribution in [3.05, 3.63) is 41.9 Å². The Hall–Kier alpha value is -2.50.